The quantitative estimate of drug-likeness (QED) is 0.347. The molecule has 3 aromatic carbocycles. The van der Waals surface area contributed by atoms with Crippen molar-refractivity contribution in [1.82, 2.24) is 10.2 Å². The summed E-state index contributed by atoms with van der Waals surface area (Å²) in [4.78, 5) is 28.2. The molecule has 0 saturated heterocycles. The lowest BCUT2D eigenvalue weighted by molar-refractivity contribution is -0.140. The second-order valence-electron chi connectivity index (χ2n) is 9.99. The average Bonchev–Trinajstić information content (AvgIpc) is 2.86. The van der Waals surface area contributed by atoms with Crippen molar-refractivity contribution in [3.8, 4) is 0 Å². The number of amides is 2. The number of carbonyl (C=O) groups is 2. The van der Waals surface area contributed by atoms with Gasteiger partial charge in [0.05, 0.1) is 15.6 Å². The summed E-state index contributed by atoms with van der Waals surface area (Å²) in [5.41, 5.74) is 0.0746. The molecule has 0 heterocycles. The highest BCUT2D eigenvalue weighted by molar-refractivity contribution is 7.92. The van der Waals surface area contributed by atoms with Crippen LogP contribution in [-0.4, -0.2) is 43.3 Å². The van der Waals surface area contributed by atoms with Gasteiger partial charge in [-0.15, -0.1) is 0 Å². The van der Waals surface area contributed by atoms with E-state index >= 15 is 0 Å². The van der Waals surface area contributed by atoms with E-state index in [2.05, 4.69) is 5.32 Å². The topological polar surface area (TPSA) is 86.8 Å². The molecule has 0 aromatic heterocycles. The summed E-state index contributed by atoms with van der Waals surface area (Å²) in [6, 6.07) is 16.8. The van der Waals surface area contributed by atoms with Crippen LogP contribution in [0.2, 0.25) is 10.0 Å². The fourth-order valence-electron chi connectivity index (χ4n) is 3.78. The molecule has 1 unspecified atom stereocenters. The summed E-state index contributed by atoms with van der Waals surface area (Å²) in [5, 5.41) is 3.00. The van der Waals surface area contributed by atoms with E-state index < -0.39 is 45.8 Å². The van der Waals surface area contributed by atoms with Gasteiger partial charge in [-0.1, -0.05) is 53.5 Å². The zero-order chi connectivity index (χ0) is 29.0. The van der Waals surface area contributed by atoms with Gasteiger partial charge in [-0.3, -0.25) is 13.9 Å². The molecule has 39 heavy (non-hydrogen) atoms. The highest BCUT2D eigenvalue weighted by atomic mass is 35.5. The number of benzene rings is 3. The van der Waals surface area contributed by atoms with Gasteiger partial charge in [0, 0.05) is 17.1 Å². The Morgan fingerprint density at radius 3 is 2.23 bits per heavy atom. The zero-order valence-corrected chi connectivity index (χ0v) is 24.3. The van der Waals surface area contributed by atoms with Crippen LogP contribution in [-0.2, 0) is 26.2 Å². The summed E-state index contributed by atoms with van der Waals surface area (Å²) >= 11 is 12.1. The molecule has 0 radical (unpaired) electrons. The van der Waals surface area contributed by atoms with Crippen molar-refractivity contribution >= 4 is 50.7 Å². The summed E-state index contributed by atoms with van der Waals surface area (Å²) in [5.74, 6) is -1.81. The van der Waals surface area contributed by atoms with Crippen LogP contribution in [0.4, 0.5) is 10.1 Å². The number of nitrogens with zero attached hydrogens (tertiary/aromatic N) is 2. The number of rotatable bonds is 9. The number of nitrogens with one attached hydrogen (secondary N) is 1. The molecule has 0 spiro atoms. The lowest BCUT2D eigenvalue weighted by Gasteiger charge is -2.33. The molecule has 0 saturated carbocycles. The predicted molar refractivity (Wildman–Crippen MR) is 152 cm³/mol. The first-order chi connectivity index (χ1) is 18.2. The Labute approximate surface area is 238 Å². The SMILES string of the molecule is CC(C(=O)NC(C)(C)C)N(Cc1cccc(Cl)c1)C(=O)CN(c1ccc(F)c(Cl)c1)S(=O)(=O)c1ccccc1. The molecule has 0 aliphatic rings. The van der Waals surface area contributed by atoms with E-state index in [0.29, 0.717) is 10.6 Å². The van der Waals surface area contributed by atoms with Crippen molar-refractivity contribution < 1.29 is 22.4 Å². The summed E-state index contributed by atoms with van der Waals surface area (Å²) in [6.07, 6.45) is 0. The van der Waals surface area contributed by atoms with Crippen molar-refractivity contribution in [1.29, 1.82) is 0 Å². The molecule has 208 valence electrons. The maximum Gasteiger partial charge on any atom is 0.264 e. The van der Waals surface area contributed by atoms with E-state index in [1.807, 2.05) is 20.8 Å². The van der Waals surface area contributed by atoms with Gasteiger partial charge < -0.3 is 10.2 Å². The first-order valence-electron chi connectivity index (χ1n) is 12.1. The predicted octanol–water partition coefficient (Wildman–Crippen LogP) is 5.66. The molecule has 1 atom stereocenters. The molecule has 0 aliphatic carbocycles. The van der Waals surface area contributed by atoms with E-state index in [1.54, 1.807) is 49.4 Å². The van der Waals surface area contributed by atoms with Gasteiger partial charge >= 0.3 is 0 Å². The molecule has 0 bridgehead atoms. The van der Waals surface area contributed by atoms with E-state index in [-0.39, 0.29) is 22.2 Å². The van der Waals surface area contributed by atoms with E-state index in [1.165, 1.54) is 23.1 Å². The molecule has 1 N–H and O–H groups in total. The monoisotopic (exact) mass is 593 g/mol. The Bertz CT molecular complexity index is 1450. The van der Waals surface area contributed by atoms with Crippen molar-refractivity contribution in [3.05, 3.63) is 94.2 Å². The Hall–Kier alpha value is -3.14. The number of sulfonamides is 1. The van der Waals surface area contributed by atoms with E-state index in [4.69, 9.17) is 23.2 Å². The molecular formula is C28H30Cl2FN3O4S. The van der Waals surface area contributed by atoms with Gasteiger partial charge in [0.25, 0.3) is 10.0 Å². The molecule has 7 nitrogen and oxygen atoms in total. The number of hydrogen-bond donors (Lipinski definition) is 1. The van der Waals surface area contributed by atoms with Crippen LogP contribution in [0, 0.1) is 5.82 Å². The minimum Gasteiger partial charge on any atom is -0.350 e. The Morgan fingerprint density at radius 1 is 0.974 bits per heavy atom. The van der Waals surface area contributed by atoms with Crippen molar-refractivity contribution in [2.45, 2.75) is 50.7 Å². The van der Waals surface area contributed by atoms with E-state index in [9.17, 15) is 22.4 Å². The molecule has 3 aromatic rings. The lowest BCUT2D eigenvalue weighted by atomic mass is 10.1. The molecule has 2 amide bonds. The van der Waals surface area contributed by atoms with Gasteiger partial charge in [-0.25, -0.2) is 12.8 Å². The summed E-state index contributed by atoms with van der Waals surface area (Å²) < 4.78 is 42.2. The zero-order valence-electron chi connectivity index (χ0n) is 22.0. The largest absolute Gasteiger partial charge is 0.350 e. The summed E-state index contributed by atoms with van der Waals surface area (Å²) in [7, 11) is -4.28. The van der Waals surface area contributed by atoms with Crippen LogP contribution in [0.3, 0.4) is 0 Å². The second-order valence-corrected chi connectivity index (χ2v) is 12.7. The highest BCUT2D eigenvalue weighted by Crippen LogP contribution is 2.28. The number of halogens is 3. The normalized spacial score (nSPS) is 12.5. The fourth-order valence-corrected chi connectivity index (χ4v) is 5.59. The van der Waals surface area contributed by atoms with Gasteiger partial charge in [0.15, 0.2) is 0 Å². The average molecular weight is 595 g/mol. The van der Waals surface area contributed by atoms with Crippen LogP contribution in [0.1, 0.15) is 33.3 Å². The molecule has 0 aliphatic heterocycles. The number of anilines is 1. The van der Waals surface area contributed by atoms with Crippen molar-refractivity contribution in [2.24, 2.45) is 0 Å². The lowest BCUT2D eigenvalue weighted by Crippen LogP contribution is -2.54. The van der Waals surface area contributed by atoms with Crippen molar-refractivity contribution in [3.63, 3.8) is 0 Å². The second kappa shape index (κ2) is 12.4. The molecule has 11 heteroatoms. The van der Waals surface area contributed by atoms with Crippen LogP contribution < -0.4 is 9.62 Å². The summed E-state index contributed by atoms with van der Waals surface area (Å²) in [6.45, 7) is 6.32. The third-order valence-electron chi connectivity index (χ3n) is 5.71. The maximum absolute atomic E-state index is 13.9. The minimum absolute atomic E-state index is 0.00638. The fraction of sp³-hybridized carbons (Fsp3) is 0.286. The first kappa shape index (κ1) is 30.4. The first-order valence-corrected chi connectivity index (χ1v) is 14.3. The number of carbonyl (C=O) groups excluding carboxylic acids is 2. The van der Waals surface area contributed by atoms with Gasteiger partial charge in [0.1, 0.15) is 18.4 Å². The van der Waals surface area contributed by atoms with Gasteiger partial charge in [0.2, 0.25) is 11.8 Å². The third kappa shape index (κ3) is 7.94. The van der Waals surface area contributed by atoms with E-state index in [0.717, 1.165) is 16.4 Å². The highest BCUT2D eigenvalue weighted by Gasteiger charge is 2.33. The Balaban J connectivity index is 2.05. The maximum atomic E-state index is 13.9. The van der Waals surface area contributed by atoms with Crippen LogP contribution in [0.5, 0.6) is 0 Å². The molecular weight excluding hydrogens is 564 g/mol. The van der Waals surface area contributed by atoms with Crippen molar-refractivity contribution in [2.75, 3.05) is 10.8 Å². The van der Waals surface area contributed by atoms with Crippen LogP contribution in [0.25, 0.3) is 0 Å². The number of hydrogen-bond acceptors (Lipinski definition) is 4. The van der Waals surface area contributed by atoms with Gasteiger partial charge in [-0.05, 0) is 75.7 Å². The van der Waals surface area contributed by atoms with Gasteiger partial charge in [-0.2, -0.15) is 0 Å². The minimum atomic E-state index is -4.28. The third-order valence-corrected chi connectivity index (χ3v) is 8.02. The van der Waals surface area contributed by atoms with Crippen LogP contribution in [0.15, 0.2) is 77.7 Å². The standard InChI is InChI=1S/C28H30Cl2FN3O4S/c1-19(27(36)32-28(2,3)4)33(17-20-9-8-10-21(29)15-20)26(35)18-34(22-13-14-25(31)24(30)16-22)39(37,38)23-11-6-5-7-12-23/h5-16,19H,17-18H2,1-4H3,(H,32,36). The molecule has 0 fully saturated rings. The molecule has 3 rings (SSSR count). The Kier molecular flexibility index (Phi) is 9.64. The smallest absolute Gasteiger partial charge is 0.264 e. The van der Waals surface area contributed by atoms with Crippen LogP contribution >= 0.6 is 23.2 Å². The Morgan fingerprint density at radius 2 is 1.64 bits per heavy atom.